The maximum atomic E-state index is 12.7. The van der Waals surface area contributed by atoms with E-state index in [9.17, 15) is 13.2 Å². The molecule has 1 atom stereocenters. The summed E-state index contributed by atoms with van der Waals surface area (Å²) < 4.78 is 30.5. The lowest BCUT2D eigenvalue weighted by Gasteiger charge is -2.37. The molecule has 9 nitrogen and oxygen atoms in total. The summed E-state index contributed by atoms with van der Waals surface area (Å²) in [6.45, 7) is 2.71. The highest BCUT2D eigenvalue weighted by Crippen LogP contribution is 2.25. The van der Waals surface area contributed by atoms with Crippen molar-refractivity contribution >= 4 is 27.5 Å². The van der Waals surface area contributed by atoms with E-state index in [0.717, 1.165) is 30.2 Å². The molecule has 1 aromatic carbocycles. The lowest BCUT2D eigenvalue weighted by molar-refractivity contribution is -0.130. The fourth-order valence-corrected chi connectivity index (χ4v) is 6.62. The number of amides is 1. The van der Waals surface area contributed by atoms with Gasteiger partial charge in [-0.05, 0) is 30.7 Å². The zero-order valence-corrected chi connectivity index (χ0v) is 19.4. The van der Waals surface area contributed by atoms with E-state index in [2.05, 4.69) is 15.1 Å². The quantitative estimate of drug-likeness (QED) is 0.581. The average molecular weight is 466 g/mol. The van der Waals surface area contributed by atoms with Gasteiger partial charge < -0.3 is 14.2 Å². The molecule has 1 aromatic heterocycles. The van der Waals surface area contributed by atoms with Crippen LogP contribution in [0.5, 0.6) is 5.75 Å². The van der Waals surface area contributed by atoms with Crippen molar-refractivity contribution < 1.29 is 17.9 Å². The summed E-state index contributed by atoms with van der Waals surface area (Å²) in [5.41, 5.74) is 0.930. The molecule has 4 rings (SSSR count). The summed E-state index contributed by atoms with van der Waals surface area (Å²) in [6, 6.07) is 7.71. The van der Waals surface area contributed by atoms with Gasteiger partial charge in [0.1, 0.15) is 5.75 Å². The Bertz CT molecular complexity index is 1030. The third kappa shape index (κ3) is 5.04. The highest BCUT2D eigenvalue weighted by atomic mass is 32.2. The Morgan fingerprint density at radius 3 is 2.48 bits per heavy atom. The number of rotatable bonds is 6. The normalized spacial score (nSPS) is 21.4. The largest absolute Gasteiger partial charge is 0.497 e. The molecule has 11 heteroatoms. The molecular formula is C20H27N5O4S2. The van der Waals surface area contributed by atoms with Crippen molar-refractivity contribution in [2.75, 3.05) is 50.5 Å². The Labute approximate surface area is 186 Å². The Balaban J connectivity index is 1.29. The Kier molecular flexibility index (Phi) is 6.54. The van der Waals surface area contributed by atoms with Crippen molar-refractivity contribution in [3.63, 3.8) is 0 Å². The summed E-state index contributed by atoms with van der Waals surface area (Å²) in [5, 5.41) is 9.20. The second-order valence-electron chi connectivity index (χ2n) is 7.86. The highest BCUT2D eigenvalue weighted by Gasteiger charge is 2.34. The number of piperazine rings is 1. The number of aromatic nitrogens is 3. The molecule has 1 unspecified atom stereocenters. The second-order valence-corrected chi connectivity index (χ2v) is 11.0. The van der Waals surface area contributed by atoms with Crippen LogP contribution in [0.4, 0.5) is 0 Å². The molecule has 0 spiro atoms. The van der Waals surface area contributed by atoms with Gasteiger partial charge in [-0.15, -0.1) is 10.2 Å². The predicted octanol–water partition coefficient (Wildman–Crippen LogP) is 0.914. The minimum atomic E-state index is -2.89. The molecule has 2 fully saturated rings. The smallest absolute Gasteiger partial charge is 0.233 e. The third-order valence-corrected chi connectivity index (χ3v) is 8.65. The number of hydrogen-bond donors (Lipinski definition) is 0. The van der Waals surface area contributed by atoms with Crippen LogP contribution in [0.2, 0.25) is 0 Å². The number of carbonyl (C=O) groups excluding carboxylic acids is 1. The van der Waals surface area contributed by atoms with Gasteiger partial charge in [0.2, 0.25) is 5.91 Å². The predicted molar refractivity (Wildman–Crippen MR) is 119 cm³/mol. The Morgan fingerprint density at radius 2 is 1.87 bits per heavy atom. The molecule has 0 bridgehead atoms. The monoisotopic (exact) mass is 465 g/mol. The first-order valence-corrected chi connectivity index (χ1v) is 13.1. The van der Waals surface area contributed by atoms with Gasteiger partial charge in [0.25, 0.3) is 0 Å². The minimum Gasteiger partial charge on any atom is -0.497 e. The SMILES string of the molecule is COc1ccc(-c2nnc(SCC(=O)N3CCN(C4CCS(=O)(=O)C4)CC3)n2C)cc1. The number of thioether (sulfide) groups is 1. The van der Waals surface area contributed by atoms with Crippen LogP contribution >= 0.6 is 11.8 Å². The summed E-state index contributed by atoms with van der Waals surface area (Å²) in [4.78, 5) is 16.7. The van der Waals surface area contributed by atoms with Gasteiger partial charge in [-0.2, -0.15) is 0 Å². The average Bonchev–Trinajstić information content (AvgIpc) is 3.33. The molecular weight excluding hydrogens is 438 g/mol. The van der Waals surface area contributed by atoms with Crippen LogP contribution in [0, 0.1) is 0 Å². The first-order valence-electron chi connectivity index (χ1n) is 10.2. The van der Waals surface area contributed by atoms with Gasteiger partial charge in [0, 0.05) is 44.8 Å². The molecule has 0 radical (unpaired) electrons. The number of ether oxygens (including phenoxy) is 1. The summed E-state index contributed by atoms with van der Waals surface area (Å²) >= 11 is 1.38. The van der Waals surface area contributed by atoms with Gasteiger partial charge in [-0.3, -0.25) is 9.69 Å². The van der Waals surface area contributed by atoms with E-state index in [1.165, 1.54) is 11.8 Å². The number of hydrogen-bond acceptors (Lipinski definition) is 8. The number of carbonyl (C=O) groups is 1. The van der Waals surface area contributed by atoms with Crippen LogP contribution < -0.4 is 4.74 Å². The first kappa shape index (κ1) is 22.1. The van der Waals surface area contributed by atoms with Crippen LogP contribution in [0.1, 0.15) is 6.42 Å². The maximum Gasteiger partial charge on any atom is 0.233 e. The lowest BCUT2D eigenvalue weighted by atomic mass is 10.2. The molecule has 168 valence electrons. The van der Waals surface area contributed by atoms with E-state index in [-0.39, 0.29) is 23.5 Å². The minimum absolute atomic E-state index is 0.0673. The standard InChI is InChI=1S/C20H27N5O4S2/c1-23-19(15-3-5-17(29-2)6-4-15)21-22-20(23)30-13-18(26)25-10-8-24(9-11-25)16-7-12-31(27,28)14-16/h3-6,16H,7-14H2,1-2H3. The Morgan fingerprint density at radius 1 is 1.16 bits per heavy atom. The molecule has 0 aliphatic carbocycles. The molecule has 31 heavy (non-hydrogen) atoms. The van der Waals surface area contributed by atoms with Crippen LogP contribution in [-0.4, -0.2) is 95.5 Å². The van der Waals surface area contributed by atoms with Crippen molar-refractivity contribution in [2.24, 2.45) is 7.05 Å². The zero-order chi connectivity index (χ0) is 22.0. The van der Waals surface area contributed by atoms with Gasteiger partial charge in [-0.25, -0.2) is 8.42 Å². The number of methoxy groups -OCH3 is 1. The molecule has 2 aliphatic rings. The second kappa shape index (κ2) is 9.17. The van der Waals surface area contributed by atoms with Gasteiger partial charge in [-0.1, -0.05) is 11.8 Å². The third-order valence-electron chi connectivity index (χ3n) is 5.90. The van der Waals surface area contributed by atoms with E-state index in [1.807, 2.05) is 40.8 Å². The highest BCUT2D eigenvalue weighted by molar-refractivity contribution is 7.99. The van der Waals surface area contributed by atoms with Crippen molar-refractivity contribution in [3.05, 3.63) is 24.3 Å². The van der Waals surface area contributed by atoms with Crippen LogP contribution in [-0.2, 0) is 21.7 Å². The number of sulfone groups is 1. The van der Waals surface area contributed by atoms with Gasteiger partial charge >= 0.3 is 0 Å². The van der Waals surface area contributed by atoms with E-state index < -0.39 is 9.84 Å². The molecule has 3 heterocycles. The fraction of sp³-hybridized carbons (Fsp3) is 0.550. The van der Waals surface area contributed by atoms with Gasteiger partial charge in [0.15, 0.2) is 20.8 Å². The van der Waals surface area contributed by atoms with Crippen molar-refractivity contribution in [2.45, 2.75) is 17.6 Å². The first-order chi connectivity index (χ1) is 14.9. The fourth-order valence-electron chi connectivity index (χ4n) is 4.05. The van der Waals surface area contributed by atoms with E-state index in [0.29, 0.717) is 30.4 Å². The molecule has 2 aromatic rings. The number of benzene rings is 1. The van der Waals surface area contributed by atoms with Crippen LogP contribution in [0.25, 0.3) is 11.4 Å². The van der Waals surface area contributed by atoms with E-state index in [4.69, 9.17) is 4.74 Å². The van der Waals surface area contributed by atoms with E-state index in [1.54, 1.807) is 7.11 Å². The van der Waals surface area contributed by atoms with Gasteiger partial charge in [0.05, 0.1) is 24.4 Å². The van der Waals surface area contributed by atoms with Crippen LogP contribution in [0.3, 0.4) is 0 Å². The zero-order valence-electron chi connectivity index (χ0n) is 17.7. The molecule has 2 saturated heterocycles. The molecule has 0 saturated carbocycles. The Hall–Kier alpha value is -2.11. The van der Waals surface area contributed by atoms with Crippen molar-refractivity contribution in [1.82, 2.24) is 24.6 Å². The summed E-state index contributed by atoms with van der Waals surface area (Å²) in [7, 11) is 0.630. The van der Waals surface area contributed by atoms with E-state index >= 15 is 0 Å². The lowest BCUT2D eigenvalue weighted by Crippen LogP contribution is -2.52. The topological polar surface area (TPSA) is 97.6 Å². The molecule has 2 aliphatic heterocycles. The number of nitrogens with zero attached hydrogens (tertiary/aromatic N) is 5. The van der Waals surface area contributed by atoms with Crippen LogP contribution in [0.15, 0.2) is 29.4 Å². The maximum absolute atomic E-state index is 12.7. The van der Waals surface area contributed by atoms with Crippen molar-refractivity contribution in [1.29, 1.82) is 0 Å². The molecule has 0 N–H and O–H groups in total. The summed E-state index contributed by atoms with van der Waals surface area (Å²) in [6.07, 6.45) is 0.703. The summed E-state index contributed by atoms with van der Waals surface area (Å²) in [5.74, 6) is 2.41. The van der Waals surface area contributed by atoms with Crippen molar-refractivity contribution in [3.8, 4) is 17.1 Å². The molecule has 1 amide bonds.